The maximum Gasteiger partial charge on any atom is 0.416 e. The third-order valence-electron chi connectivity index (χ3n) is 5.28. The van der Waals surface area contributed by atoms with Gasteiger partial charge in [-0.3, -0.25) is 19.8 Å². The number of rotatable bonds is 7. The zero-order valence-corrected chi connectivity index (χ0v) is 21.2. The number of carbonyl (C=O) groups is 1. The third-order valence-corrected chi connectivity index (χ3v) is 7.03. The summed E-state index contributed by atoms with van der Waals surface area (Å²) in [4.78, 5) is 24.8. The van der Waals surface area contributed by atoms with Crippen LogP contribution in [0.1, 0.15) is 23.4 Å². The number of halogens is 5. The Morgan fingerprint density at radius 3 is 2.43 bits per heavy atom. The summed E-state index contributed by atoms with van der Waals surface area (Å²) in [6.45, 7) is 1.86. The summed E-state index contributed by atoms with van der Waals surface area (Å²) >= 11 is 13.8. The van der Waals surface area contributed by atoms with Crippen LogP contribution in [0.25, 0.3) is 0 Å². The lowest BCUT2D eigenvalue weighted by Crippen LogP contribution is -2.27. The number of amides is 1. The molecule has 1 aliphatic heterocycles. The average Bonchev–Trinajstić information content (AvgIpc) is 3.22. The van der Waals surface area contributed by atoms with Crippen molar-refractivity contribution in [2.75, 3.05) is 17.3 Å². The summed E-state index contributed by atoms with van der Waals surface area (Å²) in [6, 6.07) is 11.8. The van der Waals surface area contributed by atoms with Gasteiger partial charge in [-0.15, -0.1) is 11.8 Å². The summed E-state index contributed by atoms with van der Waals surface area (Å²) in [6.07, 6.45) is -4.77. The molecule has 7 nitrogen and oxygen atoms in total. The Balaban J connectivity index is 1.74. The van der Waals surface area contributed by atoms with Crippen LogP contribution in [0, 0.1) is 10.1 Å². The maximum absolute atomic E-state index is 13.1. The average molecular weight is 573 g/mol. The van der Waals surface area contributed by atoms with Gasteiger partial charge in [-0.1, -0.05) is 23.2 Å². The summed E-state index contributed by atoms with van der Waals surface area (Å²) in [5.41, 5.74) is -0.862. The number of alkyl halides is 3. The quantitative estimate of drug-likeness (QED) is 0.211. The fourth-order valence-corrected chi connectivity index (χ4v) is 5.22. The molecular formula is C24H17Cl2F3N2O5S. The van der Waals surface area contributed by atoms with E-state index in [0.717, 1.165) is 6.07 Å². The minimum atomic E-state index is -4.77. The van der Waals surface area contributed by atoms with Crippen molar-refractivity contribution >= 4 is 52.2 Å². The van der Waals surface area contributed by atoms with Crippen LogP contribution in [0.15, 0.2) is 54.6 Å². The number of carbonyl (C=O) groups excluding carboxylic acids is 1. The number of thioether (sulfide) groups is 1. The highest BCUT2D eigenvalue weighted by Gasteiger charge is 2.36. The highest BCUT2D eigenvalue weighted by molar-refractivity contribution is 8.00. The molecule has 4 rings (SSSR count). The zero-order chi connectivity index (χ0) is 26.9. The van der Waals surface area contributed by atoms with Gasteiger partial charge < -0.3 is 9.47 Å². The molecule has 0 spiro atoms. The van der Waals surface area contributed by atoms with Gasteiger partial charge in [-0.2, -0.15) is 13.2 Å². The largest absolute Gasteiger partial charge is 0.490 e. The predicted molar refractivity (Wildman–Crippen MR) is 135 cm³/mol. The van der Waals surface area contributed by atoms with Gasteiger partial charge >= 0.3 is 11.9 Å². The molecule has 3 aromatic rings. The molecule has 3 aromatic carbocycles. The lowest BCUT2D eigenvalue weighted by molar-refractivity contribution is -0.385. The van der Waals surface area contributed by atoms with E-state index >= 15 is 0 Å². The van der Waals surface area contributed by atoms with Crippen molar-refractivity contribution in [3.05, 3.63) is 85.9 Å². The Morgan fingerprint density at radius 2 is 1.81 bits per heavy atom. The number of nitro groups is 1. The normalized spacial score (nSPS) is 15.7. The Kier molecular flexibility index (Phi) is 7.77. The first kappa shape index (κ1) is 26.9. The second kappa shape index (κ2) is 10.7. The molecule has 37 heavy (non-hydrogen) atoms. The van der Waals surface area contributed by atoms with E-state index in [1.165, 1.54) is 17.8 Å². The standard InChI is InChI=1S/C24H17Cl2F3N2O5S/c1-2-35-20-10-13(23-30(21(32)12-37-23)16-6-4-15(25)5-7-16)9-17(26)22(20)36-19-8-3-14(24(27,28)29)11-18(19)31(33)34/h3-11,23H,2,12H2,1H3/t23-/m1/s1. The second-order valence-electron chi connectivity index (χ2n) is 7.71. The van der Waals surface area contributed by atoms with Gasteiger partial charge in [-0.25, -0.2) is 0 Å². The third kappa shape index (κ3) is 5.73. The number of benzene rings is 3. The fraction of sp³-hybridized carbons (Fsp3) is 0.208. The van der Waals surface area contributed by atoms with E-state index in [2.05, 4.69) is 0 Å². The van der Waals surface area contributed by atoms with Gasteiger partial charge in [0.25, 0.3) is 0 Å². The predicted octanol–water partition coefficient (Wildman–Crippen LogP) is 7.89. The summed E-state index contributed by atoms with van der Waals surface area (Å²) in [5, 5.41) is 11.5. The second-order valence-corrected chi connectivity index (χ2v) is 9.62. The molecule has 0 radical (unpaired) electrons. The first-order chi connectivity index (χ1) is 17.5. The van der Waals surface area contributed by atoms with E-state index < -0.39 is 33.5 Å². The van der Waals surface area contributed by atoms with Crippen LogP contribution < -0.4 is 14.4 Å². The Morgan fingerprint density at radius 1 is 1.11 bits per heavy atom. The van der Waals surface area contributed by atoms with E-state index in [-0.39, 0.29) is 34.8 Å². The van der Waals surface area contributed by atoms with Crippen LogP contribution in [0.5, 0.6) is 17.2 Å². The maximum atomic E-state index is 13.1. The smallest absolute Gasteiger partial charge is 0.416 e. The van der Waals surface area contributed by atoms with Crippen molar-refractivity contribution in [1.29, 1.82) is 0 Å². The van der Waals surface area contributed by atoms with Crippen LogP contribution in [0.4, 0.5) is 24.5 Å². The van der Waals surface area contributed by atoms with Crippen LogP contribution in [0.2, 0.25) is 10.0 Å². The van der Waals surface area contributed by atoms with E-state index in [1.807, 2.05) is 0 Å². The number of hydrogen-bond donors (Lipinski definition) is 0. The van der Waals surface area contributed by atoms with Gasteiger partial charge in [0.2, 0.25) is 11.7 Å². The molecule has 1 amide bonds. The molecule has 1 saturated heterocycles. The minimum Gasteiger partial charge on any atom is -0.490 e. The Bertz CT molecular complexity index is 1360. The van der Waals surface area contributed by atoms with Crippen molar-refractivity contribution in [3.8, 4) is 17.2 Å². The van der Waals surface area contributed by atoms with Gasteiger partial charge in [0.1, 0.15) is 5.37 Å². The fourth-order valence-electron chi connectivity index (χ4n) is 3.68. The van der Waals surface area contributed by atoms with Crippen molar-refractivity contribution in [3.63, 3.8) is 0 Å². The molecule has 1 aliphatic rings. The highest BCUT2D eigenvalue weighted by atomic mass is 35.5. The summed E-state index contributed by atoms with van der Waals surface area (Å²) in [7, 11) is 0. The van der Waals surface area contributed by atoms with Crippen LogP contribution in [-0.4, -0.2) is 23.2 Å². The first-order valence-electron chi connectivity index (χ1n) is 10.7. The summed E-state index contributed by atoms with van der Waals surface area (Å²) < 4.78 is 50.5. The van der Waals surface area contributed by atoms with Gasteiger partial charge in [0.05, 0.1) is 27.9 Å². The molecule has 0 saturated carbocycles. The van der Waals surface area contributed by atoms with Crippen molar-refractivity contribution in [1.82, 2.24) is 0 Å². The van der Waals surface area contributed by atoms with Crippen molar-refractivity contribution < 1.29 is 32.4 Å². The van der Waals surface area contributed by atoms with Crippen LogP contribution in [-0.2, 0) is 11.0 Å². The van der Waals surface area contributed by atoms with Crippen molar-refractivity contribution in [2.45, 2.75) is 18.5 Å². The van der Waals surface area contributed by atoms with Gasteiger partial charge in [-0.05, 0) is 61.0 Å². The van der Waals surface area contributed by atoms with E-state index in [1.54, 1.807) is 42.2 Å². The number of ether oxygens (including phenoxy) is 2. The number of anilines is 1. The number of hydrogen-bond acceptors (Lipinski definition) is 6. The molecule has 1 atom stereocenters. The molecule has 0 unspecified atom stereocenters. The minimum absolute atomic E-state index is 0.00819. The summed E-state index contributed by atoms with van der Waals surface area (Å²) in [5.74, 6) is -0.364. The lowest BCUT2D eigenvalue weighted by atomic mass is 10.1. The Hall–Kier alpha value is -3.15. The SMILES string of the molecule is CCOc1cc([C@H]2SCC(=O)N2c2ccc(Cl)cc2)cc(Cl)c1Oc1ccc(C(F)(F)F)cc1[N+](=O)[O-]. The van der Waals surface area contributed by atoms with Gasteiger partial charge in [0.15, 0.2) is 11.5 Å². The molecule has 0 aromatic heterocycles. The highest BCUT2D eigenvalue weighted by Crippen LogP contribution is 2.48. The van der Waals surface area contributed by atoms with Crippen LogP contribution >= 0.6 is 35.0 Å². The number of nitrogens with zero attached hydrogens (tertiary/aromatic N) is 2. The molecular weight excluding hydrogens is 556 g/mol. The molecule has 0 bridgehead atoms. The monoisotopic (exact) mass is 572 g/mol. The molecule has 13 heteroatoms. The zero-order valence-electron chi connectivity index (χ0n) is 18.9. The molecule has 0 N–H and O–H groups in total. The topological polar surface area (TPSA) is 81.9 Å². The molecule has 1 heterocycles. The van der Waals surface area contributed by atoms with Gasteiger partial charge in [0, 0.05) is 16.8 Å². The van der Waals surface area contributed by atoms with E-state index in [9.17, 15) is 28.1 Å². The molecule has 194 valence electrons. The molecule has 1 fully saturated rings. The van der Waals surface area contributed by atoms with E-state index in [0.29, 0.717) is 28.4 Å². The van der Waals surface area contributed by atoms with E-state index in [4.69, 9.17) is 32.7 Å². The number of nitro benzene ring substituents is 1. The molecule has 0 aliphatic carbocycles. The lowest BCUT2D eigenvalue weighted by Gasteiger charge is -2.25. The van der Waals surface area contributed by atoms with Crippen LogP contribution in [0.3, 0.4) is 0 Å². The first-order valence-corrected chi connectivity index (χ1v) is 12.5. The Labute approximate surface area is 223 Å². The van der Waals surface area contributed by atoms with Crippen molar-refractivity contribution in [2.24, 2.45) is 0 Å².